The third-order valence-corrected chi connectivity index (χ3v) is 1.87. The first-order valence-electron chi connectivity index (χ1n) is 4.84. The van der Waals surface area contributed by atoms with E-state index in [1.54, 1.807) is 6.92 Å². The second-order valence-electron chi connectivity index (χ2n) is 3.25. The van der Waals surface area contributed by atoms with Gasteiger partial charge in [0.05, 0.1) is 6.61 Å². The molecule has 1 rings (SSSR count). The molecule has 2 nitrogen and oxygen atoms in total. The van der Waals surface area contributed by atoms with E-state index in [0.29, 0.717) is 11.1 Å². The van der Waals surface area contributed by atoms with Crippen molar-refractivity contribution in [2.45, 2.75) is 13.8 Å². The van der Waals surface area contributed by atoms with Gasteiger partial charge in [-0.05, 0) is 37.6 Å². The average molecular weight is 226 g/mol. The maximum atomic E-state index is 12.8. The van der Waals surface area contributed by atoms with Crippen molar-refractivity contribution in [3.05, 3.63) is 41.0 Å². The van der Waals surface area contributed by atoms with Crippen molar-refractivity contribution in [3.63, 3.8) is 0 Å². The Morgan fingerprint density at radius 2 is 1.88 bits per heavy atom. The summed E-state index contributed by atoms with van der Waals surface area (Å²) in [5.41, 5.74) is 0.593. The Balaban J connectivity index is 2.93. The molecule has 0 N–H and O–H groups in total. The summed E-state index contributed by atoms with van der Waals surface area (Å²) in [6.45, 7) is 3.48. The van der Waals surface area contributed by atoms with Gasteiger partial charge in [-0.1, -0.05) is 0 Å². The van der Waals surface area contributed by atoms with E-state index in [0.717, 1.165) is 18.2 Å². The van der Waals surface area contributed by atoms with E-state index in [-0.39, 0.29) is 6.61 Å². The normalized spacial score (nSPS) is 11.4. The van der Waals surface area contributed by atoms with Crippen LogP contribution in [0.4, 0.5) is 8.78 Å². The molecule has 0 spiro atoms. The van der Waals surface area contributed by atoms with Crippen molar-refractivity contribution in [2.75, 3.05) is 6.61 Å². The van der Waals surface area contributed by atoms with Crippen molar-refractivity contribution >= 4 is 12.0 Å². The van der Waals surface area contributed by atoms with Crippen LogP contribution in [0.3, 0.4) is 0 Å². The van der Waals surface area contributed by atoms with E-state index in [4.69, 9.17) is 4.74 Å². The highest BCUT2D eigenvalue weighted by Gasteiger charge is 2.05. The maximum Gasteiger partial charge on any atom is 0.333 e. The Morgan fingerprint density at radius 1 is 1.31 bits per heavy atom. The first-order chi connectivity index (χ1) is 7.52. The number of hydrogen-bond donors (Lipinski definition) is 0. The lowest BCUT2D eigenvalue weighted by atomic mass is 10.1. The third-order valence-electron chi connectivity index (χ3n) is 1.87. The molecule has 0 heterocycles. The van der Waals surface area contributed by atoms with E-state index >= 15 is 0 Å². The largest absolute Gasteiger partial charge is 0.463 e. The lowest BCUT2D eigenvalue weighted by Gasteiger charge is -2.02. The zero-order valence-corrected chi connectivity index (χ0v) is 9.09. The van der Waals surface area contributed by atoms with Crippen LogP contribution in [0.1, 0.15) is 19.4 Å². The number of halogens is 2. The summed E-state index contributed by atoms with van der Waals surface area (Å²) in [5.74, 6) is -1.85. The number of esters is 1. The van der Waals surface area contributed by atoms with Gasteiger partial charge in [0.15, 0.2) is 0 Å². The number of carbonyl (C=O) groups excluding carboxylic acids is 1. The van der Waals surface area contributed by atoms with Crippen LogP contribution in [0.2, 0.25) is 0 Å². The van der Waals surface area contributed by atoms with Crippen LogP contribution in [0, 0.1) is 11.6 Å². The molecule has 16 heavy (non-hydrogen) atoms. The molecule has 1 aromatic rings. The van der Waals surface area contributed by atoms with Gasteiger partial charge in [0.2, 0.25) is 0 Å². The van der Waals surface area contributed by atoms with Crippen LogP contribution in [0.15, 0.2) is 23.8 Å². The molecule has 0 aliphatic carbocycles. The summed E-state index contributed by atoms with van der Waals surface area (Å²) >= 11 is 0. The predicted molar refractivity (Wildman–Crippen MR) is 56.6 cm³/mol. The molecule has 0 saturated carbocycles. The molecular weight excluding hydrogens is 214 g/mol. The molecule has 0 saturated heterocycles. The fourth-order valence-corrected chi connectivity index (χ4v) is 1.21. The minimum atomic E-state index is -0.678. The van der Waals surface area contributed by atoms with Crippen LogP contribution in [-0.2, 0) is 9.53 Å². The van der Waals surface area contributed by atoms with Crippen molar-refractivity contribution in [1.82, 2.24) is 0 Å². The summed E-state index contributed by atoms with van der Waals surface area (Å²) in [5, 5.41) is 0. The summed E-state index contributed by atoms with van der Waals surface area (Å²) in [7, 11) is 0. The van der Waals surface area contributed by atoms with Crippen LogP contribution in [0.25, 0.3) is 6.08 Å². The minimum Gasteiger partial charge on any atom is -0.463 e. The fraction of sp³-hybridized carbons (Fsp3) is 0.250. The molecule has 0 aliphatic rings. The molecule has 0 radical (unpaired) electrons. The third kappa shape index (κ3) is 3.46. The van der Waals surface area contributed by atoms with E-state index in [1.807, 2.05) is 0 Å². The Bertz CT molecular complexity index is 405. The van der Waals surface area contributed by atoms with Crippen molar-refractivity contribution < 1.29 is 18.3 Å². The highest BCUT2D eigenvalue weighted by Crippen LogP contribution is 2.12. The molecule has 0 unspecified atom stereocenters. The Morgan fingerprint density at radius 3 is 2.38 bits per heavy atom. The van der Waals surface area contributed by atoms with Gasteiger partial charge in [0, 0.05) is 11.6 Å². The van der Waals surface area contributed by atoms with Gasteiger partial charge in [0.25, 0.3) is 0 Å². The van der Waals surface area contributed by atoms with Crippen LogP contribution in [-0.4, -0.2) is 12.6 Å². The van der Waals surface area contributed by atoms with Gasteiger partial charge >= 0.3 is 5.97 Å². The smallest absolute Gasteiger partial charge is 0.333 e. The Labute approximate surface area is 92.5 Å². The molecule has 0 atom stereocenters. The van der Waals surface area contributed by atoms with Gasteiger partial charge in [-0.2, -0.15) is 0 Å². The molecule has 0 bridgehead atoms. The molecule has 86 valence electrons. The summed E-state index contributed by atoms with van der Waals surface area (Å²) < 4.78 is 30.4. The zero-order chi connectivity index (χ0) is 12.1. The van der Waals surface area contributed by atoms with E-state index < -0.39 is 17.6 Å². The van der Waals surface area contributed by atoms with E-state index in [1.165, 1.54) is 13.0 Å². The van der Waals surface area contributed by atoms with Crippen molar-refractivity contribution in [1.29, 1.82) is 0 Å². The first-order valence-corrected chi connectivity index (χ1v) is 4.84. The molecule has 0 fully saturated rings. The lowest BCUT2D eigenvalue weighted by molar-refractivity contribution is -0.138. The van der Waals surface area contributed by atoms with Crippen LogP contribution >= 0.6 is 0 Å². The average Bonchev–Trinajstić information content (AvgIpc) is 2.16. The number of rotatable bonds is 3. The Hall–Kier alpha value is -1.71. The van der Waals surface area contributed by atoms with E-state index in [2.05, 4.69) is 0 Å². The summed E-state index contributed by atoms with van der Waals surface area (Å²) in [4.78, 5) is 11.2. The van der Waals surface area contributed by atoms with E-state index in [9.17, 15) is 13.6 Å². The monoisotopic (exact) mass is 226 g/mol. The topological polar surface area (TPSA) is 26.3 Å². The van der Waals surface area contributed by atoms with Gasteiger partial charge in [-0.25, -0.2) is 13.6 Å². The highest BCUT2D eigenvalue weighted by atomic mass is 19.1. The number of benzene rings is 1. The second kappa shape index (κ2) is 5.39. The molecule has 1 aromatic carbocycles. The first kappa shape index (κ1) is 12.4. The number of ether oxygens (including phenoxy) is 1. The molecule has 0 aliphatic heterocycles. The van der Waals surface area contributed by atoms with Crippen molar-refractivity contribution in [3.8, 4) is 0 Å². The number of hydrogen-bond acceptors (Lipinski definition) is 2. The van der Waals surface area contributed by atoms with Crippen LogP contribution < -0.4 is 0 Å². The maximum absolute atomic E-state index is 12.8. The van der Waals surface area contributed by atoms with Gasteiger partial charge < -0.3 is 4.74 Å². The number of carbonyl (C=O) groups is 1. The molecule has 0 aromatic heterocycles. The minimum absolute atomic E-state index is 0.265. The lowest BCUT2D eigenvalue weighted by Crippen LogP contribution is -2.04. The van der Waals surface area contributed by atoms with Crippen molar-refractivity contribution in [2.24, 2.45) is 0 Å². The molecule has 0 amide bonds. The van der Waals surface area contributed by atoms with Crippen LogP contribution in [0.5, 0.6) is 0 Å². The second-order valence-corrected chi connectivity index (χ2v) is 3.25. The Kier molecular flexibility index (Phi) is 4.17. The zero-order valence-electron chi connectivity index (χ0n) is 9.09. The summed E-state index contributed by atoms with van der Waals surface area (Å²) in [6.07, 6.45) is 1.38. The standard InChI is InChI=1S/C12H12F2O2/c1-3-16-12(15)8(2)4-9-5-10(13)7-11(14)6-9/h4-7H,3H2,1-2H3. The van der Waals surface area contributed by atoms with Gasteiger partial charge in [-0.3, -0.25) is 0 Å². The molecular formula is C12H12F2O2. The predicted octanol–water partition coefficient (Wildman–Crippen LogP) is 2.93. The SMILES string of the molecule is CCOC(=O)C(C)=Cc1cc(F)cc(F)c1. The van der Waals surface area contributed by atoms with Gasteiger partial charge in [-0.15, -0.1) is 0 Å². The fourth-order valence-electron chi connectivity index (χ4n) is 1.21. The molecule has 4 heteroatoms. The quantitative estimate of drug-likeness (QED) is 0.585. The summed E-state index contributed by atoms with van der Waals surface area (Å²) in [6, 6.07) is 3.06. The highest BCUT2D eigenvalue weighted by molar-refractivity contribution is 5.92. The van der Waals surface area contributed by atoms with Gasteiger partial charge in [0.1, 0.15) is 11.6 Å².